The monoisotopic (exact) mass is 169 g/mol. The maximum Gasteiger partial charge on any atom is 0.306 e. The second-order valence-corrected chi connectivity index (χ2v) is 2.18. The summed E-state index contributed by atoms with van der Waals surface area (Å²) in [7, 11) is 0. The zero-order valence-corrected chi connectivity index (χ0v) is 5.63. The van der Waals surface area contributed by atoms with Crippen LogP contribution in [0.4, 0.5) is 8.78 Å². The van der Waals surface area contributed by atoms with Crippen LogP contribution in [0.3, 0.4) is 0 Å². The fourth-order valence-electron chi connectivity index (χ4n) is 0.500. The van der Waals surface area contributed by atoms with E-state index in [1.807, 2.05) is 0 Å². The number of rotatable bonds is 4. The zero-order valence-electron chi connectivity index (χ0n) is 5.63. The summed E-state index contributed by atoms with van der Waals surface area (Å²) in [5.74, 6) is -1.50. The van der Waals surface area contributed by atoms with Crippen molar-refractivity contribution in [3.05, 3.63) is 0 Å². The molecule has 11 heavy (non-hydrogen) atoms. The summed E-state index contributed by atoms with van der Waals surface area (Å²) < 4.78 is 23.7. The molecule has 1 unspecified atom stereocenters. The lowest BCUT2D eigenvalue weighted by Gasteiger charge is -2.22. The highest BCUT2D eigenvalue weighted by atomic mass is 19.3. The second-order valence-electron chi connectivity index (χ2n) is 2.18. The summed E-state index contributed by atoms with van der Waals surface area (Å²) in [6.07, 6.45) is -4.18. The number of nitrogens with two attached hydrogens (primary N) is 1. The molecular weight excluding hydrogens is 160 g/mol. The number of hydrogen-bond donors (Lipinski definition) is 3. The molecule has 4 N–H and O–H groups in total. The second kappa shape index (κ2) is 3.59. The maximum absolute atomic E-state index is 11.9. The van der Waals surface area contributed by atoms with Crippen molar-refractivity contribution in [2.45, 2.75) is 18.4 Å². The fraction of sp³-hybridized carbons (Fsp3) is 0.800. The molecule has 66 valence electrons. The van der Waals surface area contributed by atoms with E-state index in [0.717, 1.165) is 0 Å². The summed E-state index contributed by atoms with van der Waals surface area (Å²) in [5, 5.41) is 16.9. The van der Waals surface area contributed by atoms with Crippen LogP contribution in [0.15, 0.2) is 0 Å². The summed E-state index contributed by atoms with van der Waals surface area (Å²) in [4.78, 5) is 9.93. The number of carboxylic acids is 1. The highest BCUT2D eigenvalue weighted by Gasteiger charge is 2.38. The van der Waals surface area contributed by atoms with Gasteiger partial charge in [0.25, 0.3) is 6.43 Å². The minimum atomic E-state index is -3.14. The standard InChI is InChI=1S/C5H9F2NO3/c6-4(7)5(11,2-8)1-3(9)10/h4,11H,1-2,8H2,(H,9,10). The van der Waals surface area contributed by atoms with Crippen molar-refractivity contribution in [3.8, 4) is 0 Å². The average Bonchev–Trinajstić information content (AvgIpc) is 1.86. The van der Waals surface area contributed by atoms with Crippen LogP contribution in [0.1, 0.15) is 6.42 Å². The first kappa shape index (κ1) is 10.2. The van der Waals surface area contributed by atoms with Gasteiger partial charge in [-0.25, -0.2) is 8.78 Å². The van der Waals surface area contributed by atoms with Crippen LogP contribution in [0.2, 0.25) is 0 Å². The zero-order chi connectivity index (χ0) is 9.07. The quantitative estimate of drug-likeness (QED) is 0.525. The third-order valence-corrected chi connectivity index (χ3v) is 1.22. The van der Waals surface area contributed by atoms with Gasteiger partial charge in [-0.05, 0) is 0 Å². The summed E-state index contributed by atoms with van der Waals surface area (Å²) >= 11 is 0. The molecule has 0 bridgehead atoms. The number of carboxylic acid groups (broad SMARTS) is 1. The minimum absolute atomic E-state index is 0.767. The van der Waals surface area contributed by atoms with Crippen molar-refractivity contribution in [2.24, 2.45) is 5.73 Å². The third-order valence-electron chi connectivity index (χ3n) is 1.22. The first-order valence-corrected chi connectivity index (χ1v) is 2.85. The predicted octanol–water partition coefficient (Wildman–Crippen LogP) is -0.584. The van der Waals surface area contributed by atoms with Crippen LogP contribution >= 0.6 is 0 Å². The molecule has 0 rings (SSSR count). The Labute approximate surface area is 61.6 Å². The molecule has 0 spiro atoms. The van der Waals surface area contributed by atoms with Crippen LogP contribution in [0.5, 0.6) is 0 Å². The van der Waals surface area contributed by atoms with Gasteiger partial charge >= 0.3 is 5.97 Å². The Morgan fingerprint density at radius 3 is 2.18 bits per heavy atom. The predicted molar refractivity (Wildman–Crippen MR) is 32.3 cm³/mol. The van der Waals surface area contributed by atoms with Crippen molar-refractivity contribution < 1.29 is 23.8 Å². The van der Waals surface area contributed by atoms with Gasteiger partial charge in [-0.3, -0.25) is 4.79 Å². The minimum Gasteiger partial charge on any atom is -0.481 e. The highest BCUT2D eigenvalue weighted by Crippen LogP contribution is 2.18. The Balaban J connectivity index is 4.22. The van der Waals surface area contributed by atoms with E-state index in [0.29, 0.717) is 0 Å². The molecule has 0 aliphatic rings. The molecule has 0 aromatic carbocycles. The van der Waals surface area contributed by atoms with Gasteiger partial charge in [0.05, 0.1) is 6.42 Å². The van der Waals surface area contributed by atoms with E-state index < -0.39 is 31.0 Å². The Morgan fingerprint density at radius 2 is 2.09 bits per heavy atom. The van der Waals surface area contributed by atoms with Crippen LogP contribution in [-0.2, 0) is 4.79 Å². The Morgan fingerprint density at radius 1 is 1.64 bits per heavy atom. The van der Waals surface area contributed by atoms with E-state index in [1.54, 1.807) is 0 Å². The van der Waals surface area contributed by atoms with Gasteiger partial charge in [0.2, 0.25) is 0 Å². The van der Waals surface area contributed by atoms with Crippen LogP contribution < -0.4 is 5.73 Å². The van der Waals surface area contributed by atoms with E-state index in [-0.39, 0.29) is 0 Å². The first-order valence-electron chi connectivity index (χ1n) is 2.85. The molecule has 0 aliphatic heterocycles. The SMILES string of the molecule is NCC(O)(CC(=O)O)C(F)F. The van der Waals surface area contributed by atoms with Crippen molar-refractivity contribution in [1.29, 1.82) is 0 Å². The van der Waals surface area contributed by atoms with Crippen LogP contribution in [0.25, 0.3) is 0 Å². The smallest absolute Gasteiger partial charge is 0.306 e. The van der Waals surface area contributed by atoms with Gasteiger partial charge in [0, 0.05) is 6.54 Å². The highest BCUT2D eigenvalue weighted by molar-refractivity contribution is 5.68. The molecule has 1 atom stereocenters. The number of alkyl halides is 2. The molecule has 0 aromatic rings. The molecular formula is C5H9F2NO3. The molecule has 0 fully saturated rings. The van der Waals surface area contributed by atoms with Gasteiger partial charge < -0.3 is 15.9 Å². The van der Waals surface area contributed by atoms with E-state index in [2.05, 4.69) is 0 Å². The largest absolute Gasteiger partial charge is 0.481 e. The third kappa shape index (κ3) is 2.77. The Hall–Kier alpha value is -0.750. The molecule has 4 nitrogen and oxygen atoms in total. The van der Waals surface area contributed by atoms with E-state index >= 15 is 0 Å². The molecule has 0 radical (unpaired) electrons. The van der Waals surface area contributed by atoms with Gasteiger partial charge in [-0.1, -0.05) is 0 Å². The number of carbonyl (C=O) groups is 1. The van der Waals surface area contributed by atoms with Gasteiger partial charge in [-0.2, -0.15) is 0 Å². The Kier molecular flexibility index (Phi) is 3.34. The van der Waals surface area contributed by atoms with E-state index in [1.165, 1.54) is 0 Å². The average molecular weight is 169 g/mol. The number of halogens is 2. The van der Waals surface area contributed by atoms with Gasteiger partial charge in [-0.15, -0.1) is 0 Å². The lowest BCUT2D eigenvalue weighted by molar-refractivity contribution is -0.151. The number of aliphatic hydroxyl groups is 1. The van der Waals surface area contributed by atoms with Gasteiger partial charge in [0.15, 0.2) is 0 Å². The van der Waals surface area contributed by atoms with Crippen molar-refractivity contribution in [2.75, 3.05) is 6.54 Å². The molecule has 0 heterocycles. The summed E-state index contributed by atoms with van der Waals surface area (Å²) in [6.45, 7) is -0.767. The van der Waals surface area contributed by atoms with Gasteiger partial charge in [0.1, 0.15) is 5.60 Å². The van der Waals surface area contributed by atoms with Crippen molar-refractivity contribution in [3.63, 3.8) is 0 Å². The summed E-state index contributed by atoms with van der Waals surface area (Å²) in [6, 6.07) is 0. The molecule has 0 saturated heterocycles. The Bertz CT molecular complexity index is 153. The normalized spacial score (nSPS) is 16.5. The maximum atomic E-state index is 11.9. The molecule has 0 amide bonds. The van der Waals surface area contributed by atoms with Crippen molar-refractivity contribution in [1.82, 2.24) is 0 Å². The van der Waals surface area contributed by atoms with E-state index in [4.69, 9.17) is 15.9 Å². The lowest BCUT2D eigenvalue weighted by Crippen LogP contribution is -2.46. The topological polar surface area (TPSA) is 83.5 Å². The fourth-order valence-corrected chi connectivity index (χ4v) is 0.500. The first-order chi connectivity index (χ1) is 4.92. The number of hydrogen-bond acceptors (Lipinski definition) is 3. The van der Waals surface area contributed by atoms with Crippen molar-refractivity contribution >= 4 is 5.97 Å². The lowest BCUT2D eigenvalue weighted by atomic mass is 10.0. The molecule has 0 saturated carbocycles. The molecule has 0 aliphatic carbocycles. The van der Waals surface area contributed by atoms with Crippen LogP contribution in [0, 0.1) is 0 Å². The number of aliphatic carboxylic acids is 1. The molecule has 6 heteroatoms. The summed E-state index contributed by atoms with van der Waals surface area (Å²) in [5.41, 5.74) is 2.17. The molecule has 0 aromatic heterocycles. The van der Waals surface area contributed by atoms with E-state index in [9.17, 15) is 13.6 Å². The van der Waals surface area contributed by atoms with Crippen LogP contribution in [-0.4, -0.2) is 34.8 Å².